The molecule has 0 atom stereocenters. The van der Waals surface area contributed by atoms with E-state index < -0.39 is 18.1 Å². The third kappa shape index (κ3) is 5.86. The van der Waals surface area contributed by atoms with Crippen molar-refractivity contribution in [3.05, 3.63) is 217 Å². The van der Waals surface area contributed by atoms with Gasteiger partial charge in [-0.05, 0) is 80.9 Å². The third-order valence-electron chi connectivity index (χ3n) is 13.1. The Balaban J connectivity index is 1.15. The largest absolute Gasteiger partial charge is 0.309 e. The Morgan fingerprint density at radius 3 is 1.86 bits per heavy atom. The summed E-state index contributed by atoms with van der Waals surface area (Å²) in [7, 11) is 0. The van der Waals surface area contributed by atoms with Gasteiger partial charge in [0.05, 0.1) is 17.9 Å². The van der Waals surface area contributed by atoms with Crippen LogP contribution in [0.1, 0.15) is 31.8 Å². The van der Waals surface area contributed by atoms with Gasteiger partial charge in [0.2, 0.25) is 0 Å². The van der Waals surface area contributed by atoms with Crippen LogP contribution in [-0.2, 0) is 5.41 Å². The summed E-state index contributed by atoms with van der Waals surface area (Å²) in [5, 5.41) is 4.36. The smallest absolute Gasteiger partial charge is 0.165 e. The molecule has 0 bridgehead atoms. The van der Waals surface area contributed by atoms with E-state index in [2.05, 4.69) is 170 Å². The Morgan fingerprint density at radius 2 is 1.06 bits per heavy atom. The Labute approximate surface area is 387 Å². The van der Waals surface area contributed by atoms with Crippen molar-refractivity contribution >= 4 is 53.3 Å². The van der Waals surface area contributed by atoms with Gasteiger partial charge in [-0.1, -0.05) is 184 Å². The molecule has 12 aromatic rings. The Morgan fingerprint density at radius 1 is 0.462 bits per heavy atom. The summed E-state index contributed by atoms with van der Waals surface area (Å²) in [6.45, 7) is 4.45. The van der Waals surface area contributed by atoms with E-state index in [0.29, 0.717) is 11.6 Å². The van der Waals surface area contributed by atoms with Gasteiger partial charge in [0, 0.05) is 58.7 Å². The van der Waals surface area contributed by atoms with Crippen molar-refractivity contribution in [3.8, 4) is 73.2 Å². The predicted octanol–water partition coefficient (Wildman–Crippen LogP) is 16.0. The lowest BCUT2D eigenvalue weighted by Gasteiger charge is -2.21. The average Bonchev–Trinajstić information content (AvgIpc) is 4.03. The number of hydrogen-bond donors (Lipinski definition) is 0. The van der Waals surface area contributed by atoms with E-state index >= 15 is 0 Å². The van der Waals surface area contributed by atoms with Gasteiger partial charge in [0.15, 0.2) is 17.5 Å². The zero-order valence-corrected chi connectivity index (χ0v) is 36.3. The van der Waals surface area contributed by atoms with E-state index in [9.17, 15) is 2.74 Å². The number of para-hydroxylation sites is 2. The fourth-order valence-electron chi connectivity index (χ4n) is 10.2. The molecule has 3 heterocycles. The summed E-state index contributed by atoms with van der Waals surface area (Å²) in [6, 6.07) is 59.4. The molecule has 0 unspecified atom stereocenters. The van der Waals surface area contributed by atoms with Crippen LogP contribution in [0.5, 0.6) is 0 Å². The van der Waals surface area contributed by atoms with Crippen LogP contribution in [0.15, 0.2) is 206 Å². The van der Waals surface area contributed by atoms with Gasteiger partial charge in [-0.25, -0.2) is 15.0 Å². The minimum absolute atomic E-state index is 0.00455. The highest BCUT2D eigenvalue weighted by Crippen LogP contribution is 2.52. The normalized spacial score (nSPS) is 14.0. The molecule has 0 fully saturated rings. The number of rotatable bonds is 6. The minimum atomic E-state index is -0.482. The molecule has 1 aliphatic carbocycles. The lowest BCUT2D eigenvalue weighted by Crippen LogP contribution is -2.14. The Bertz CT molecular complexity index is 4090. The number of thiophene rings is 1. The third-order valence-corrected chi connectivity index (χ3v) is 14.4. The molecular weight excluding hydrogens is 809 g/mol. The van der Waals surface area contributed by atoms with Crippen LogP contribution < -0.4 is 0 Å². The molecule has 0 N–H and O–H groups in total. The molecule has 306 valence electrons. The molecule has 0 amide bonds. The zero-order chi connectivity index (χ0) is 47.6. The molecule has 4 nitrogen and oxygen atoms in total. The van der Waals surface area contributed by atoms with Gasteiger partial charge in [0.1, 0.15) is 0 Å². The van der Waals surface area contributed by atoms with Gasteiger partial charge in [-0.2, -0.15) is 0 Å². The van der Waals surface area contributed by atoms with Gasteiger partial charge in [-0.3, -0.25) is 0 Å². The van der Waals surface area contributed by atoms with Crippen molar-refractivity contribution < 1.29 is 6.85 Å². The molecule has 0 saturated carbocycles. The lowest BCUT2D eigenvalue weighted by molar-refractivity contribution is 0.660. The molecule has 9 aromatic carbocycles. The first-order valence-corrected chi connectivity index (χ1v) is 22.6. The highest BCUT2D eigenvalue weighted by Gasteiger charge is 2.37. The summed E-state index contributed by atoms with van der Waals surface area (Å²) in [6.07, 6.45) is 0. The monoisotopic (exact) mass is 853 g/mol. The standard InChI is InChI=1S/C60H40N4S/c1-60(2)49-29-12-9-26-45(49)54-46(28-16-30-50(54)60)58-61-57(38-20-7-4-8-21-38)62-59(63-58)48-36-41(64-51-31-13-10-24-43(51)44-25-11-14-32-52(44)64)35-47-55-42(27-17-33-53(55)65-56(47)48)40-23-15-22-39(34-40)37-18-5-3-6-19-37/h3-36H,1-2H3/i4D,7D,8D,20D,21D. The van der Waals surface area contributed by atoms with Crippen LogP contribution in [0, 0.1) is 0 Å². The van der Waals surface area contributed by atoms with E-state index in [4.69, 9.17) is 19.1 Å². The number of aromatic nitrogens is 4. The SMILES string of the molecule is [2H]c1c([2H])c([2H])c(-c2nc(-c3cccc4c3-c3ccccc3C4(C)C)nc(-c3cc(-n4c5ccccc5c5ccccc54)cc4c3sc3cccc(-c5cccc(-c6ccccc6)c5)c34)n2)c([2H])c1[2H]. The second-order valence-corrected chi connectivity index (χ2v) is 18.2. The van der Waals surface area contributed by atoms with Gasteiger partial charge < -0.3 is 4.57 Å². The van der Waals surface area contributed by atoms with E-state index in [0.717, 1.165) is 97.7 Å². The number of benzene rings is 9. The molecule has 0 spiro atoms. The van der Waals surface area contributed by atoms with Gasteiger partial charge >= 0.3 is 0 Å². The van der Waals surface area contributed by atoms with Crippen LogP contribution in [0.2, 0.25) is 0 Å². The van der Waals surface area contributed by atoms with E-state index in [1.54, 1.807) is 11.3 Å². The van der Waals surface area contributed by atoms with Crippen LogP contribution >= 0.6 is 11.3 Å². The highest BCUT2D eigenvalue weighted by atomic mass is 32.1. The molecule has 0 saturated heterocycles. The van der Waals surface area contributed by atoms with E-state index in [-0.39, 0.29) is 28.9 Å². The van der Waals surface area contributed by atoms with Crippen LogP contribution in [0.4, 0.5) is 0 Å². The maximum atomic E-state index is 9.18. The first-order valence-electron chi connectivity index (χ1n) is 24.3. The highest BCUT2D eigenvalue weighted by molar-refractivity contribution is 7.26. The summed E-state index contributed by atoms with van der Waals surface area (Å²) < 4.78 is 48.6. The summed E-state index contributed by atoms with van der Waals surface area (Å²) in [5.74, 6) is 0.656. The summed E-state index contributed by atoms with van der Waals surface area (Å²) in [5.41, 5.74) is 12.9. The van der Waals surface area contributed by atoms with E-state index in [1.165, 1.54) is 5.56 Å². The maximum Gasteiger partial charge on any atom is 0.165 e. The second-order valence-electron chi connectivity index (χ2n) is 17.2. The molecule has 0 radical (unpaired) electrons. The van der Waals surface area contributed by atoms with Gasteiger partial charge in [0.25, 0.3) is 0 Å². The summed E-state index contributed by atoms with van der Waals surface area (Å²) in [4.78, 5) is 15.7. The first kappa shape index (κ1) is 32.7. The average molecular weight is 854 g/mol. The number of hydrogen-bond acceptors (Lipinski definition) is 4. The number of fused-ring (bicyclic) bond motifs is 9. The van der Waals surface area contributed by atoms with E-state index in [1.807, 2.05) is 24.3 Å². The fraction of sp³-hybridized carbons (Fsp3) is 0.0500. The molecule has 5 heteroatoms. The molecule has 0 aliphatic heterocycles. The van der Waals surface area contributed by atoms with Crippen molar-refractivity contribution in [3.63, 3.8) is 0 Å². The molecular formula is C60H40N4S. The van der Waals surface area contributed by atoms with Crippen molar-refractivity contribution in [1.82, 2.24) is 19.5 Å². The molecule has 65 heavy (non-hydrogen) atoms. The Kier molecular flexibility index (Phi) is 7.30. The van der Waals surface area contributed by atoms with Crippen molar-refractivity contribution in [2.24, 2.45) is 0 Å². The predicted molar refractivity (Wildman–Crippen MR) is 272 cm³/mol. The first-order chi connectivity index (χ1) is 34.1. The van der Waals surface area contributed by atoms with Crippen molar-refractivity contribution in [2.75, 3.05) is 0 Å². The minimum Gasteiger partial charge on any atom is -0.309 e. The van der Waals surface area contributed by atoms with Gasteiger partial charge in [-0.15, -0.1) is 11.3 Å². The van der Waals surface area contributed by atoms with Crippen LogP contribution in [0.3, 0.4) is 0 Å². The molecule has 1 aliphatic rings. The maximum absolute atomic E-state index is 9.18. The quantitative estimate of drug-likeness (QED) is 0.167. The topological polar surface area (TPSA) is 43.6 Å². The second kappa shape index (κ2) is 14.5. The lowest BCUT2D eigenvalue weighted by atomic mass is 9.82. The van der Waals surface area contributed by atoms with Crippen molar-refractivity contribution in [1.29, 1.82) is 0 Å². The van der Waals surface area contributed by atoms with Crippen LogP contribution in [-0.4, -0.2) is 19.5 Å². The van der Waals surface area contributed by atoms with Crippen molar-refractivity contribution in [2.45, 2.75) is 19.3 Å². The summed E-state index contributed by atoms with van der Waals surface area (Å²) >= 11 is 1.66. The molecule has 13 rings (SSSR count). The number of nitrogens with zero attached hydrogens (tertiary/aromatic N) is 4. The zero-order valence-electron chi connectivity index (χ0n) is 40.4. The Hall–Kier alpha value is -7.99. The van der Waals surface area contributed by atoms with Crippen LogP contribution in [0.25, 0.3) is 115 Å². The molecule has 3 aromatic heterocycles. The fourth-order valence-corrected chi connectivity index (χ4v) is 11.4.